The van der Waals surface area contributed by atoms with E-state index in [-0.39, 0.29) is 30.8 Å². The monoisotopic (exact) mass is 349 g/mol. The average molecular weight is 349 g/mol. The van der Waals surface area contributed by atoms with Crippen LogP contribution in [-0.2, 0) is 14.4 Å². The highest BCUT2D eigenvalue weighted by Crippen LogP contribution is 2.16. The molecule has 1 aromatic rings. The SMILES string of the molecule is CCN(CC(=O)Nc1cccc(OC)c1)C(=O)CNC(=O)C(C)(C)C. The summed E-state index contributed by atoms with van der Waals surface area (Å²) in [5.41, 5.74) is 0.0232. The van der Waals surface area contributed by atoms with Crippen LogP contribution in [-0.4, -0.2) is 49.4 Å². The summed E-state index contributed by atoms with van der Waals surface area (Å²) in [6.45, 7) is 7.25. The number of benzene rings is 1. The highest BCUT2D eigenvalue weighted by atomic mass is 16.5. The molecule has 0 aliphatic heterocycles. The maximum Gasteiger partial charge on any atom is 0.243 e. The van der Waals surface area contributed by atoms with Crippen LogP contribution >= 0.6 is 0 Å². The molecular formula is C18H27N3O4. The highest BCUT2D eigenvalue weighted by Gasteiger charge is 2.23. The Bertz CT molecular complexity index is 623. The van der Waals surface area contributed by atoms with Crippen LogP contribution in [0.1, 0.15) is 27.7 Å². The number of rotatable bonds is 7. The number of carbonyl (C=O) groups is 3. The van der Waals surface area contributed by atoms with E-state index in [0.29, 0.717) is 18.0 Å². The Kier molecular flexibility index (Phi) is 7.42. The predicted molar refractivity (Wildman–Crippen MR) is 96.3 cm³/mol. The Balaban J connectivity index is 2.57. The normalized spacial score (nSPS) is 10.8. The largest absolute Gasteiger partial charge is 0.497 e. The van der Waals surface area contributed by atoms with E-state index in [2.05, 4.69) is 10.6 Å². The fraction of sp³-hybridized carbons (Fsp3) is 0.500. The van der Waals surface area contributed by atoms with Gasteiger partial charge in [-0.3, -0.25) is 14.4 Å². The number of likely N-dealkylation sites (N-methyl/N-ethyl adjacent to an activating group) is 1. The second-order valence-corrected chi connectivity index (χ2v) is 6.62. The van der Waals surface area contributed by atoms with Crippen molar-refractivity contribution in [2.24, 2.45) is 5.41 Å². The molecule has 0 saturated heterocycles. The molecule has 2 N–H and O–H groups in total. The number of nitrogens with zero attached hydrogens (tertiary/aromatic N) is 1. The van der Waals surface area contributed by atoms with Crippen molar-refractivity contribution in [3.05, 3.63) is 24.3 Å². The summed E-state index contributed by atoms with van der Waals surface area (Å²) in [7, 11) is 1.55. The minimum absolute atomic E-state index is 0.0854. The third kappa shape index (κ3) is 6.82. The van der Waals surface area contributed by atoms with Gasteiger partial charge in [0.15, 0.2) is 0 Å². The molecule has 0 atom stereocenters. The van der Waals surface area contributed by atoms with Crippen molar-refractivity contribution in [2.75, 3.05) is 32.1 Å². The zero-order chi connectivity index (χ0) is 19.0. The lowest BCUT2D eigenvalue weighted by Gasteiger charge is -2.22. The zero-order valence-electron chi connectivity index (χ0n) is 15.5. The van der Waals surface area contributed by atoms with Crippen molar-refractivity contribution < 1.29 is 19.1 Å². The molecule has 0 aliphatic rings. The summed E-state index contributed by atoms with van der Waals surface area (Å²) in [6, 6.07) is 6.97. The van der Waals surface area contributed by atoms with Crippen LogP contribution in [0.3, 0.4) is 0 Å². The molecule has 0 spiro atoms. The van der Waals surface area contributed by atoms with Gasteiger partial charge in [0, 0.05) is 23.7 Å². The van der Waals surface area contributed by atoms with E-state index in [1.807, 2.05) is 0 Å². The smallest absolute Gasteiger partial charge is 0.243 e. The summed E-state index contributed by atoms with van der Waals surface area (Å²) in [5.74, 6) is -0.199. The number of nitrogens with one attached hydrogen (secondary N) is 2. The third-order valence-electron chi connectivity index (χ3n) is 3.50. The number of anilines is 1. The molecule has 0 saturated carbocycles. The van der Waals surface area contributed by atoms with Gasteiger partial charge in [0.25, 0.3) is 0 Å². The molecule has 1 aromatic carbocycles. The van der Waals surface area contributed by atoms with Crippen LogP contribution in [0.25, 0.3) is 0 Å². The van der Waals surface area contributed by atoms with Gasteiger partial charge in [-0.05, 0) is 19.1 Å². The van der Waals surface area contributed by atoms with Gasteiger partial charge in [0.05, 0.1) is 20.2 Å². The molecule has 7 nitrogen and oxygen atoms in total. The minimum Gasteiger partial charge on any atom is -0.497 e. The van der Waals surface area contributed by atoms with E-state index < -0.39 is 5.41 Å². The Morgan fingerprint density at radius 1 is 1.20 bits per heavy atom. The number of methoxy groups -OCH3 is 1. The number of hydrogen-bond donors (Lipinski definition) is 2. The zero-order valence-corrected chi connectivity index (χ0v) is 15.5. The summed E-state index contributed by atoms with van der Waals surface area (Å²) in [5, 5.41) is 5.32. The molecule has 1 rings (SSSR count). The Labute approximate surface area is 148 Å². The maximum absolute atomic E-state index is 12.2. The lowest BCUT2D eigenvalue weighted by Crippen LogP contribution is -2.45. The van der Waals surface area contributed by atoms with Gasteiger partial charge in [-0.25, -0.2) is 0 Å². The van der Waals surface area contributed by atoms with Gasteiger partial charge in [-0.15, -0.1) is 0 Å². The van der Waals surface area contributed by atoms with Crippen LogP contribution in [0, 0.1) is 5.41 Å². The third-order valence-corrected chi connectivity index (χ3v) is 3.50. The van der Waals surface area contributed by atoms with Gasteiger partial charge >= 0.3 is 0 Å². The van der Waals surface area contributed by atoms with Gasteiger partial charge in [0.1, 0.15) is 5.75 Å². The number of carbonyl (C=O) groups excluding carboxylic acids is 3. The van der Waals surface area contributed by atoms with Gasteiger partial charge in [0.2, 0.25) is 17.7 Å². The minimum atomic E-state index is -0.568. The second-order valence-electron chi connectivity index (χ2n) is 6.62. The van der Waals surface area contributed by atoms with Crippen LogP contribution in [0.15, 0.2) is 24.3 Å². The van der Waals surface area contributed by atoms with E-state index in [1.54, 1.807) is 59.1 Å². The number of ether oxygens (including phenoxy) is 1. The first kappa shape index (κ1) is 20.5. The molecule has 7 heteroatoms. The van der Waals surface area contributed by atoms with Crippen molar-refractivity contribution in [3.63, 3.8) is 0 Å². The Morgan fingerprint density at radius 3 is 2.44 bits per heavy atom. The van der Waals surface area contributed by atoms with E-state index in [1.165, 1.54) is 4.90 Å². The second kappa shape index (κ2) is 9.05. The lowest BCUT2D eigenvalue weighted by atomic mass is 9.96. The van der Waals surface area contributed by atoms with Gasteiger partial charge in [-0.1, -0.05) is 26.8 Å². The summed E-state index contributed by atoms with van der Waals surface area (Å²) in [4.78, 5) is 37.6. The van der Waals surface area contributed by atoms with Crippen molar-refractivity contribution in [2.45, 2.75) is 27.7 Å². The van der Waals surface area contributed by atoms with Crippen molar-refractivity contribution in [3.8, 4) is 5.75 Å². The topological polar surface area (TPSA) is 87.7 Å². The molecular weight excluding hydrogens is 322 g/mol. The fourth-order valence-electron chi connectivity index (χ4n) is 1.98. The van der Waals surface area contributed by atoms with E-state index in [4.69, 9.17) is 4.74 Å². The van der Waals surface area contributed by atoms with Crippen LogP contribution in [0.5, 0.6) is 5.75 Å². The number of hydrogen-bond acceptors (Lipinski definition) is 4. The quantitative estimate of drug-likeness (QED) is 0.783. The van der Waals surface area contributed by atoms with Crippen LogP contribution in [0.4, 0.5) is 5.69 Å². The van der Waals surface area contributed by atoms with Gasteiger partial charge in [-0.2, -0.15) is 0 Å². The predicted octanol–water partition coefficient (Wildman–Crippen LogP) is 1.64. The lowest BCUT2D eigenvalue weighted by molar-refractivity contribution is -0.136. The molecule has 0 unspecified atom stereocenters. The van der Waals surface area contributed by atoms with Gasteiger partial charge < -0.3 is 20.3 Å². The molecule has 3 amide bonds. The fourth-order valence-corrected chi connectivity index (χ4v) is 1.98. The summed E-state index contributed by atoms with van der Waals surface area (Å²) >= 11 is 0. The summed E-state index contributed by atoms with van der Waals surface area (Å²) < 4.78 is 5.10. The molecule has 0 aliphatic carbocycles. The van der Waals surface area contributed by atoms with Crippen molar-refractivity contribution in [1.29, 1.82) is 0 Å². The van der Waals surface area contributed by atoms with E-state index in [0.717, 1.165) is 0 Å². The number of amides is 3. The van der Waals surface area contributed by atoms with Crippen LogP contribution < -0.4 is 15.4 Å². The molecule has 0 bridgehead atoms. The van der Waals surface area contributed by atoms with E-state index in [9.17, 15) is 14.4 Å². The van der Waals surface area contributed by atoms with Crippen LogP contribution in [0.2, 0.25) is 0 Å². The molecule has 0 heterocycles. The first-order valence-corrected chi connectivity index (χ1v) is 8.17. The summed E-state index contributed by atoms with van der Waals surface area (Å²) in [6.07, 6.45) is 0. The first-order valence-electron chi connectivity index (χ1n) is 8.17. The van der Waals surface area contributed by atoms with Crippen molar-refractivity contribution >= 4 is 23.4 Å². The molecule has 138 valence electrons. The highest BCUT2D eigenvalue weighted by molar-refractivity contribution is 5.95. The first-order chi connectivity index (χ1) is 11.7. The molecule has 0 aromatic heterocycles. The average Bonchev–Trinajstić information content (AvgIpc) is 2.56. The van der Waals surface area contributed by atoms with Crippen molar-refractivity contribution in [1.82, 2.24) is 10.2 Å². The molecule has 0 fully saturated rings. The molecule has 25 heavy (non-hydrogen) atoms. The molecule has 0 radical (unpaired) electrons. The van der Waals surface area contributed by atoms with E-state index >= 15 is 0 Å². The standard InChI is InChI=1S/C18H27N3O4/c1-6-21(16(23)11-19-17(24)18(2,3)4)12-15(22)20-13-8-7-9-14(10-13)25-5/h7-10H,6,11-12H2,1-5H3,(H,19,24)(H,20,22). The Morgan fingerprint density at radius 2 is 1.88 bits per heavy atom. The maximum atomic E-state index is 12.2. The Hall–Kier alpha value is -2.57.